The maximum Gasteiger partial charge on any atom is 0.251 e. The van der Waals surface area contributed by atoms with Crippen LogP contribution in [0.15, 0.2) is 10.9 Å². The fourth-order valence-electron chi connectivity index (χ4n) is 1.19. The summed E-state index contributed by atoms with van der Waals surface area (Å²) in [7, 11) is 0. The van der Waals surface area contributed by atoms with Gasteiger partial charge in [-0.2, -0.15) is 0 Å². The standard InChI is InChI=1S/C9H13NO/c1-4-8-5-6(2)10-9(11)7(8)3/h5H,4H2,1-3H3,(H,10,11). The molecule has 0 aliphatic carbocycles. The first-order valence-electron chi connectivity index (χ1n) is 3.84. The topological polar surface area (TPSA) is 32.9 Å². The number of pyridine rings is 1. The largest absolute Gasteiger partial charge is 0.326 e. The molecule has 2 nitrogen and oxygen atoms in total. The molecule has 2 heteroatoms. The van der Waals surface area contributed by atoms with Crippen LogP contribution in [0.1, 0.15) is 23.7 Å². The van der Waals surface area contributed by atoms with Crippen molar-refractivity contribution in [2.24, 2.45) is 0 Å². The molecule has 0 fully saturated rings. The Morgan fingerprint density at radius 2 is 2.09 bits per heavy atom. The van der Waals surface area contributed by atoms with E-state index in [0.29, 0.717) is 0 Å². The molecule has 11 heavy (non-hydrogen) atoms. The smallest absolute Gasteiger partial charge is 0.251 e. The van der Waals surface area contributed by atoms with E-state index in [1.54, 1.807) is 0 Å². The molecule has 0 spiro atoms. The minimum atomic E-state index is 0.0434. The maximum absolute atomic E-state index is 11.2. The summed E-state index contributed by atoms with van der Waals surface area (Å²) >= 11 is 0. The third-order valence-corrected chi connectivity index (χ3v) is 1.90. The predicted molar refractivity (Wildman–Crippen MR) is 45.9 cm³/mol. The zero-order chi connectivity index (χ0) is 8.43. The highest BCUT2D eigenvalue weighted by Gasteiger charge is 1.99. The minimum absolute atomic E-state index is 0.0434. The summed E-state index contributed by atoms with van der Waals surface area (Å²) in [5, 5.41) is 0. The van der Waals surface area contributed by atoms with E-state index in [0.717, 1.165) is 23.2 Å². The van der Waals surface area contributed by atoms with Crippen LogP contribution in [0.3, 0.4) is 0 Å². The van der Waals surface area contributed by atoms with Gasteiger partial charge in [0, 0.05) is 11.3 Å². The third kappa shape index (κ3) is 1.50. The molecule has 0 unspecified atom stereocenters. The highest BCUT2D eigenvalue weighted by molar-refractivity contribution is 5.24. The van der Waals surface area contributed by atoms with E-state index >= 15 is 0 Å². The molecule has 1 rings (SSSR count). The second kappa shape index (κ2) is 2.91. The van der Waals surface area contributed by atoms with Gasteiger partial charge in [0.2, 0.25) is 0 Å². The van der Waals surface area contributed by atoms with Crippen LogP contribution in [0, 0.1) is 13.8 Å². The van der Waals surface area contributed by atoms with E-state index in [1.807, 2.05) is 19.9 Å². The number of H-pyrrole nitrogens is 1. The van der Waals surface area contributed by atoms with Crippen LogP contribution in [0.2, 0.25) is 0 Å². The van der Waals surface area contributed by atoms with E-state index in [2.05, 4.69) is 11.9 Å². The van der Waals surface area contributed by atoms with Gasteiger partial charge in [-0.05, 0) is 31.9 Å². The van der Waals surface area contributed by atoms with Gasteiger partial charge in [-0.3, -0.25) is 4.79 Å². The first-order chi connectivity index (χ1) is 5.15. The van der Waals surface area contributed by atoms with E-state index in [4.69, 9.17) is 0 Å². The van der Waals surface area contributed by atoms with Crippen molar-refractivity contribution in [3.05, 3.63) is 33.2 Å². The van der Waals surface area contributed by atoms with Gasteiger partial charge in [0.05, 0.1) is 0 Å². The molecule has 0 aliphatic heterocycles. The van der Waals surface area contributed by atoms with Crippen LogP contribution in [0.5, 0.6) is 0 Å². The Morgan fingerprint density at radius 3 is 2.64 bits per heavy atom. The molecule has 0 bridgehead atoms. The first kappa shape index (κ1) is 8.05. The molecule has 0 aromatic carbocycles. The van der Waals surface area contributed by atoms with Crippen molar-refractivity contribution >= 4 is 0 Å². The van der Waals surface area contributed by atoms with Crippen LogP contribution in [0.4, 0.5) is 0 Å². The lowest BCUT2D eigenvalue weighted by molar-refractivity contribution is 1.02. The SMILES string of the molecule is CCc1cc(C)[nH]c(=O)c1C. The minimum Gasteiger partial charge on any atom is -0.326 e. The number of nitrogens with one attached hydrogen (secondary N) is 1. The molecule has 1 heterocycles. The van der Waals surface area contributed by atoms with Gasteiger partial charge >= 0.3 is 0 Å². The Bertz CT molecular complexity index is 312. The van der Waals surface area contributed by atoms with Crippen LogP contribution >= 0.6 is 0 Å². The number of hydrogen-bond donors (Lipinski definition) is 1. The van der Waals surface area contributed by atoms with Crippen LogP contribution in [0.25, 0.3) is 0 Å². The highest BCUT2D eigenvalue weighted by Crippen LogP contribution is 2.03. The van der Waals surface area contributed by atoms with Crippen LogP contribution in [-0.4, -0.2) is 4.98 Å². The summed E-state index contributed by atoms with van der Waals surface area (Å²) in [6.45, 7) is 5.82. The van der Waals surface area contributed by atoms with E-state index in [9.17, 15) is 4.79 Å². The molecule has 0 radical (unpaired) electrons. The van der Waals surface area contributed by atoms with Crippen molar-refractivity contribution in [3.8, 4) is 0 Å². The molecule has 0 atom stereocenters. The molecule has 0 aliphatic rings. The zero-order valence-corrected chi connectivity index (χ0v) is 7.19. The molecule has 60 valence electrons. The van der Waals surface area contributed by atoms with Gasteiger partial charge < -0.3 is 4.98 Å². The van der Waals surface area contributed by atoms with Crippen molar-refractivity contribution in [1.82, 2.24) is 4.98 Å². The second-order valence-electron chi connectivity index (χ2n) is 2.79. The number of aryl methyl sites for hydroxylation is 2. The first-order valence-corrected chi connectivity index (χ1v) is 3.84. The maximum atomic E-state index is 11.2. The third-order valence-electron chi connectivity index (χ3n) is 1.90. The molecule has 1 aromatic heterocycles. The van der Waals surface area contributed by atoms with Gasteiger partial charge in [-0.25, -0.2) is 0 Å². The average molecular weight is 151 g/mol. The molecular formula is C9H13NO. The Hall–Kier alpha value is -1.05. The summed E-state index contributed by atoms with van der Waals surface area (Å²) in [5.41, 5.74) is 2.98. The van der Waals surface area contributed by atoms with Crippen LogP contribution in [-0.2, 0) is 6.42 Å². The predicted octanol–water partition coefficient (Wildman–Crippen LogP) is 1.55. The number of hydrogen-bond acceptors (Lipinski definition) is 1. The number of rotatable bonds is 1. The van der Waals surface area contributed by atoms with Crippen molar-refractivity contribution in [1.29, 1.82) is 0 Å². The van der Waals surface area contributed by atoms with Crippen molar-refractivity contribution in [2.45, 2.75) is 27.2 Å². The van der Waals surface area contributed by atoms with E-state index in [1.165, 1.54) is 0 Å². The van der Waals surface area contributed by atoms with Crippen molar-refractivity contribution in [3.63, 3.8) is 0 Å². The molecular weight excluding hydrogens is 138 g/mol. The summed E-state index contributed by atoms with van der Waals surface area (Å²) in [4.78, 5) is 13.9. The lowest BCUT2D eigenvalue weighted by Crippen LogP contribution is -2.13. The summed E-state index contributed by atoms with van der Waals surface area (Å²) in [5.74, 6) is 0. The number of aromatic nitrogens is 1. The quantitative estimate of drug-likeness (QED) is 0.649. The Kier molecular flexibility index (Phi) is 2.13. The van der Waals surface area contributed by atoms with E-state index in [-0.39, 0.29) is 5.56 Å². The van der Waals surface area contributed by atoms with Gasteiger partial charge in [0.25, 0.3) is 5.56 Å². The highest BCUT2D eigenvalue weighted by atomic mass is 16.1. The normalized spacial score (nSPS) is 10.1. The molecule has 1 aromatic rings. The van der Waals surface area contributed by atoms with Crippen LogP contribution < -0.4 is 5.56 Å². The van der Waals surface area contributed by atoms with E-state index < -0.39 is 0 Å². The molecule has 0 saturated carbocycles. The molecule has 1 N–H and O–H groups in total. The lowest BCUT2D eigenvalue weighted by Gasteiger charge is -2.01. The summed E-state index contributed by atoms with van der Waals surface area (Å²) < 4.78 is 0. The average Bonchev–Trinajstić information content (AvgIpc) is 1.96. The van der Waals surface area contributed by atoms with Crippen molar-refractivity contribution in [2.75, 3.05) is 0 Å². The number of aromatic amines is 1. The fraction of sp³-hybridized carbons (Fsp3) is 0.444. The molecule has 0 saturated heterocycles. The molecule has 0 amide bonds. The fourth-order valence-corrected chi connectivity index (χ4v) is 1.19. The zero-order valence-electron chi connectivity index (χ0n) is 7.19. The van der Waals surface area contributed by atoms with Crippen molar-refractivity contribution < 1.29 is 0 Å². The Labute approximate surface area is 66.3 Å². The van der Waals surface area contributed by atoms with Gasteiger partial charge in [-0.1, -0.05) is 6.92 Å². The summed E-state index contributed by atoms with van der Waals surface area (Å²) in [6.07, 6.45) is 0.927. The Balaban J connectivity index is 3.36. The monoisotopic (exact) mass is 151 g/mol. The van der Waals surface area contributed by atoms with Gasteiger partial charge in [0.1, 0.15) is 0 Å². The summed E-state index contributed by atoms with van der Waals surface area (Å²) in [6, 6.07) is 2.02. The van der Waals surface area contributed by atoms with Gasteiger partial charge in [0.15, 0.2) is 0 Å². The lowest BCUT2D eigenvalue weighted by atomic mass is 10.1. The second-order valence-corrected chi connectivity index (χ2v) is 2.79. The van der Waals surface area contributed by atoms with Gasteiger partial charge in [-0.15, -0.1) is 0 Å². The Morgan fingerprint density at radius 1 is 1.45 bits per heavy atom.